The normalized spacial score (nSPS) is 15.9. The molecule has 0 aliphatic carbocycles. The molecule has 0 atom stereocenters. The molecule has 1 aromatic carbocycles. The maximum Gasteiger partial charge on any atom is 0.186 e. The van der Waals surface area contributed by atoms with Gasteiger partial charge in [-0.15, -0.1) is 0 Å². The van der Waals surface area contributed by atoms with E-state index in [1.807, 2.05) is 12.3 Å². The molecule has 0 N–H and O–H groups in total. The number of rotatable bonds is 2. The predicted molar refractivity (Wildman–Crippen MR) is 77.8 cm³/mol. The quantitative estimate of drug-likeness (QED) is 0.718. The fraction of sp³-hybridized carbons (Fsp3) is 0.286. The molecule has 0 bridgehead atoms. The van der Waals surface area contributed by atoms with Crippen molar-refractivity contribution in [3.63, 3.8) is 0 Å². The van der Waals surface area contributed by atoms with E-state index in [2.05, 4.69) is 51.0 Å². The summed E-state index contributed by atoms with van der Waals surface area (Å²) in [6, 6.07) is 8.79. The van der Waals surface area contributed by atoms with Crippen LogP contribution in [0.5, 0.6) is 0 Å². The van der Waals surface area contributed by atoms with Crippen molar-refractivity contribution in [3.05, 3.63) is 42.2 Å². The van der Waals surface area contributed by atoms with Gasteiger partial charge in [-0.3, -0.25) is 4.68 Å². The molecule has 1 aliphatic heterocycles. The number of fused-ring (bicyclic) bond motifs is 1. The standard InChI is InChI=1S/C14H14N4S/c1-10-6-15-18(7-10)11-8-17(9-11)14-16-12-4-2-3-5-13(12)19-14/h2-7,11H,8-9H2,1H3. The Morgan fingerprint density at radius 2 is 2.11 bits per heavy atom. The van der Waals surface area contributed by atoms with Crippen molar-refractivity contribution in [2.45, 2.75) is 13.0 Å². The van der Waals surface area contributed by atoms with E-state index >= 15 is 0 Å². The highest BCUT2D eigenvalue weighted by Crippen LogP contribution is 2.33. The van der Waals surface area contributed by atoms with Crippen LogP contribution in [0.15, 0.2) is 36.7 Å². The van der Waals surface area contributed by atoms with Crippen LogP contribution in [0.4, 0.5) is 5.13 Å². The van der Waals surface area contributed by atoms with Crippen LogP contribution in [0.2, 0.25) is 0 Å². The van der Waals surface area contributed by atoms with Crippen LogP contribution in [0.1, 0.15) is 11.6 Å². The summed E-state index contributed by atoms with van der Waals surface area (Å²) in [5, 5.41) is 5.51. The van der Waals surface area contributed by atoms with Crippen LogP contribution in [-0.4, -0.2) is 27.9 Å². The van der Waals surface area contributed by atoms with E-state index in [1.165, 1.54) is 10.3 Å². The van der Waals surface area contributed by atoms with E-state index in [9.17, 15) is 0 Å². The molecule has 19 heavy (non-hydrogen) atoms. The number of para-hydroxylation sites is 1. The summed E-state index contributed by atoms with van der Waals surface area (Å²) in [7, 11) is 0. The average Bonchev–Trinajstić information content (AvgIpc) is 2.93. The van der Waals surface area contributed by atoms with E-state index in [1.54, 1.807) is 11.3 Å². The lowest BCUT2D eigenvalue weighted by atomic mass is 10.1. The third-order valence-corrected chi connectivity index (χ3v) is 4.62. The molecule has 4 nitrogen and oxygen atoms in total. The number of hydrogen-bond donors (Lipinski definition) is 0. The van der Waals surface area contributed by atoms with Gasteiger partial charge in [0, 0.05) is 19.3 Å². The van der Waals surface area contributed by atoms with Crippen molar-refractivity contribution in [1.29, 1.82) is 0 Å². The number of aryl methyl sites for hydroxylation is 1. The highest BCUT2D eigenvalue weighted by Gasteiger charge is 2.30. The molecule has 0 amide bonds. The smallest absolute Gasteiger partial charge is 0.186 e. The fourth-order valence-electron chi connectivity index (χ4n) is 2.41. The minimum atomic E-state index is 0.487. The number of nitrogens with zero attached hydrogens (tertiary/aromatic N) is 4. The summed E-state index contributed by atoms with van der Waals surface area (Å²) < 4.78 is 3.33. The molecule has 0 spiro atoms. The van der Waals surface area contributed by atoms with Crippen LogP contribution >= 0.6 is 11.3 Å². The monoisotopic (exact) mass is 270 g/mol. The zero-order valence-electron chi connectivity index (χ0n) is 10.7. The molecule has 96 valence electrons. The number of hydrogen-bond acceptors (Lipinski definition) is 4. The lowest BCUT2D eigenvalue weighted by molar-refractivity contribution is 0.368. The molecule has 1 aliphatic rings. The van der Waals surface area contributed by atoms with Crippen LogP contribution in [0, 0.1) is 6.92 Å². The molecule has 3 heterocycles. The molecule has 3 aromatic rings. The van der Waals surface area contributed by atoms with Gasteiger partial charge >= 0.3 is 0 Å². The minimum absolute atomic E-state index is 0.487. The number of thiazole rings is 1. The van der Waals surface area contributed by atoms with Gasteiger partial charge in [-0.05, 0) is 24.6 Å². The lowest BCUT2D eigenvalue weighted by Gasteiger charge is -2.38. The first-order valence-corrected chi connectivity index (χ1v) is 7.22. The zero-order chi connectivity index (χ0) is 12.8. The molecule has 0 radical (unpaired) electrons. The fourth-order valence-corrected chi connectivity index (χ4v) is 3.39. The zero-order valence-corrected chi connectivity index (χ0v) is 11.5. The third kappa shape index (κ3) is 1.81. The van der Waals surface area contributed by atoms with Crippen molar-refractivity contribution < 1.29 is 0 Å². The SMILES string of the molecule is Cc1cnn(C2CN(c3nc4ccccc4s3)C2)c1. The molecule has 0 saturated carbocycles. The van der Waals surface area contributed by atoms with E-state index < -0.39 is 0 Å². The molecule has 1 fully saturated rings. The number of aromatic nitrogens is 3. The molecular weight excluding hydrogens is 256 g/mol. The second-order valence-electron chi connectivity index (χ2n) is 5.02. The van der Waals surface area contributed by atoms with E-state index in [0.29, 0.717) is 6.04 Å². The summed E-state index contributed by atoms with van der Waals surface area (Å²) in [6.45, 7) is 4.08. The Morgan fingerprint density at radius 1 is 1.26 bits per heavy atom. The summed E-state index contributed by atoms with van der Waals surface area (Å²) in [5.41, 5.74) is 2.32. The Balaban J connectivity index is 1.53. The van der Waals surface area contributed by atoms with Gasteiger partial charge in [0.2, 0.25) is 0 Å². The van der Waals surface area contributed by atoms with Gasteiger partial charge in [0.1, 0.15) is 0 Å². The Bertz CT molecular complexity index is 691. The Labute approximate surface area is 115 Å². The molecule has 5 heteroatoms. The van der Waals surface area contributed by atoms with E-state index in [4.69, 9.17) is 0 Å². The van der Waals surface area contributed by atoms with Gasteiger partial charge in [-0.1, -0.05) is 23.5 Å². The largest absolute Gasteiger partial charge is 0.344 e. The first kappa shape index (κ1) is 11.0. The maximum absolute atomic E-state index is 4.68. The Morgan fingerprint density at radius 3 is 2.84 bits per heavy atom. The Hall–Kier alpha value is -1.88. The van der Waals surface area contributed by atoms with Crippen molar-refractivity contribution in [2.24, 2.45) is 0 Å². The first-order valence-electron chi connectivity index (χ1n) is 6.41. The maximum atomic E-state index is 4.68. The molecular formula is C14H14N4S. The highest BCUT2D eigenvalue weighted by molar-refractivity contribution is 7.22. The van der Waals surface area contributed by atoms with Crippen molar-refractivity contribution in [2.75, 3.05) is 18.0 Å². The van der Waals surface area contributed by atoms with Gasteiger partial charge in [-0.25, -0.2) is 4.98 Å². The van der Waals surface area contributed by atoms with Gasteiger partial charge in [-0.2, -0.15) is 5.10 Å². The molecule has 4 rings (SSSR count). The number of anilines is 1. The van der Waals surface area contributed by atoms with Gasteiger partial charge in [0.05, 0.1) is 22.5 Å². The van der Waals surface area contributed by atoms with Crippen molar-refractivity contribution >= 4 is 26.7 Å². The second-order valence-corrected chi connectivity index (χ2v) is 6.03. The van der Waals surface area contributed by atoms with Gasteiger partial charge < -0.3 is 4.90 Å². The van der Waals surface area contributed by atoms with Gasteiger partial charge in [0.25, 0.3) is 0 Å². The first-order chi connectivity index (χ1) is 9.29. The summed E-state index contributed by atoms with van der Waals surface area (Å²) >= 11 is 1.77. The van der Waals surface area contributed by atoms with E-state index in [0.717, 1.165) is 23.7 Å². The number of benzene rings is 1. The minimum Gasteiger partial charge on any atom is -0.344 e. The Kier molecular flexibility index (Phi) is 2.35. The molecule has 0 unspecified atom stereocenters. The van der Waals surface area contributed by atoms with E-state index in [-0.39, 0.29) is 0 Å². The lowest BCUT2D eigenvalue weighted by Crippen LogP contribution is -2.47. The predicted octanol–water partition coefficient (Wildman–Crippen LogP) is 2.86. The van der Waals surface area contributed by atoms with Crippen LogP contribution in [0.25, 0.3) is 10.2 Å². The van der Waals surface area contributed by atoms with Gasteiger partial charge in [0.15, 0.2) is 5.13 Å². The molecule has 1 saturated heterocycles. The van der Waals surface area contributed by atoms with Crippen molar-refractivity contribution in [3.8, 4) is 0 Å². The summed E-state index contributed by atoms with van der Waals surface area (Å²) in [5.74, 6) is 0. The van der Waals surface area contributed by atoms with Crippen LogP contribution in [0.3, 0.4) is 0 Å². The highest BCUT2D eigenvalue weighted by atomic mass is 32.1. The third-order valence-electron chi connectivity index (χ3n) is 3.52. The van der Waals surface area contributed by atoms with Crippen molar-refractivity contribution in [1.82, 2.24) is 14.8 Å². The average molecular weight is 270 g/mol. The summed E-state index contributed by atoms with van der Waals surface area (Å²) in [6.07, 6.45) is 4.03. The second kappa shape index (κ2) is 4.06. The van der Waals surface area contributed by atoms with Crippen LogP contribution < -0.4 is 4.90 Å². The van der Waals surface area contributed by atoms with Crippen LogP contribution in [-0.2, 0) is 0 Å². The molecule has 2 aromatic heterocycles. The summed E-state index contributed by atoms with van der Waals surface area (Å²) in [4.78, 5) is 7.01. The topological polar surface area (TPSA) is 34.0 Å².